The summed E-state index contributed by atoms with van der Waals surface area (Å²) in [4.78, 5) is 2.14. The first-order valence-corrected chi connectivity index (χ1v) is 7.55. The van der Waals surface area contributed by atoms with Gasteiger partial charge in [0.1, 0.15) is 5.82 Å². The van der Waals surface area contributed by atoms with Crippen molar-refractivity contribution >= 4 is 5.69 Å². The molecule has 0 saturated carbocycles. The van der Waals surface area contributed by atoms with Gasteiger partial charge < -0.3 is 20.1 Å². The lowest BCUT2D eigenvalue weighted by Gasteiger charge is -2.28. The molecule has 0 bridgehead atoms. The van der Waals surface area contributed by atoms with E-state index >= 15 is 0 Å². The lowest BCUT2D eigenvalue weighted by atomic mass is 10.1. The van der Waals surface area contributed by atoms with Crippen LogP contribution in [0.5, 0.6) is 0 Å². The first-order valence-electron chi connectivity index (χ1n) is 7.55. The highest BCUT2D eigenvalue weighted by Crippen LogP contribution is 2.26. The molecule has 4 nitrogen and oxygen atoms in total. The van der Waals surface area contributed by atoms with Crippen molar-refractivity contribution in [3.05, 3.63) is 29.6 Å². The summed E-state index contributed by atoms with van der Waals surface area (Å²) in [5, 5.41) is 0. The molecular weight excluding hydrogens is 271 g/mol. The Balaban J connectivity index is 2.89. The standard InChI is InChI=1S/C16H27FN2O2/c1-4-20-10-8-19(9-11-21-5-2)16-7-6-14(17)12-15(16)13(3)18/h6-7,12-13H,4-5,8-11,18H2,1-3H3/t13-/m1/s1. The first-order chi connectivity index (χ1) is 10.1. The Morgan fingerprint density at radius 1 is 1.14 bits per heavy atom. The fourth-order valence-electron chi connectivity index (χ4n) is 2.17. The zero-order valence-corrected chi connectivity index (χ0v) is 13.3. The van der Waals surface area contributed by atoms with Crippen LogP contribution >= 0.6 is 0 Å². The van der Waals surface area contributed by atoms with E-state index in [1.165, 1.54) is 12.1 Å². The van der Waals surface area contributed by atoms with E-state index in [0.29, 0.717) is 26.4 Å². The van der Waals surface area contributed by atoms with Gasteiger partial charge in [0.2, 0.25) is 0 Å². The molecule has 120 valence electrons. The number of benzene rings is 1. The highest BCUT2D eigenvalue weighted by atomic mass is 19.1. The molecule has 0 radical (unpaired) electrons. The molecule has 0 heterocycles. The highest BCUT2D eigenvalue weighted by molar-refractivity contribution is 5.55. The quantitative estimate of drug-likeness (QED) is 0.675. The maximum atomic E-state index is 13.5. The minimum atomic E-state index is -0.263. The summed E-state index contributed by atoms with van der Waals surface area (Å²) >= 11 is 0. The molecule has 0 fully saturated rings. The molecule has 0 aliphatic heterocycles. The highest BCUT2D eigenvalue weighted by Gasteiger charge is 2.14. The maximum Gasteiger partial charge on any atom is 0.123 e. The molecule has 0 aromatic heterocycles. The predicted octanol–water partition coefficient (Wildman–Crippen LogP) is 2.72. The van der Waals surface area contributed by atoms with Crippen LogP contribution in [0.15, 0.2) is 18.2 Å². The number of halogens is 1. The number of rotatable bonds is 10. The third-order valence-electron chi connectivity index (χ3n) is 3.24. The molecule has 0 aliphatic rings. The molecule has 0 saturated heterocycles. The van der Waals surface area contributed by atoms with Gasteiger partial charge in [0, 0.05) is 38.0 Å². The zero-order chi connectivity index (χ0) is 15.7. The summed E-state index contributed by atoms with van der Waals surface area (Å²) in [6.07, 6.45) is 0. The van der Waals surface area contributed by atoms with E-state index in [0.717, 1.165) is 24.3 Å². The Hall–Kier alpha value is -1.17. The van der Waals surface area contributed by atoms with Crippen LogP contribution in [-0.2, 0) is 9.47 Å². The van der Waals surface area contributed by atoms with Crippen LogP contribution < -0.4 is 10.6 Å². The van der Waals surface area contributed by atoms with Gasteiger partial charge in [-0.15, -0.1) is 0 Å². The van der Waals surface area contributed by atoms with Gasteiger partial charge in [-0.1, -0.05) is 0 Å². The number of nitrogens with zero attached hydrogens (tertiary/aromatic N) is 1. The van der Waals surface area contributed by atoms with Crippen LogP contribution in [0.4, 0.5) is 10.1 Å². The second-order valence-electron chi connectivity index (χ2n) is 4.87. The number of hydrogen-bond donors (Lipinski definition) is 1. The molecule has 1 rings (SSSR count). The predicted molar refractivity (Wildman–Crippen MR) is 84.2 cm³/mol. The second-order valence-corrected chi connectivity index (χ2v) is 4.87. The van der Waals surface area contributed by atoms with Gasteiger partial charge >= 0.3 is 0 Å². The summed E-state index contributed by atoms with van der Waals surface area (Å²) < 4.78 is 24.3. The Labute approximate surface area is 127 Å². The van der Waals surface area contributed by atoms with Crippen LogP contribution in [0, 0.1) is 5.82 Å². The van der Waals surface area contributed by atoms with E-state index in [4.69, 9.17) is 15.2 Å². The molecule has 1 atom stereocenters. The second kappa shape index (κ2) is 9.71. The zero-order valence-electron chi connectivity index (χ0n) is 13.3. The van der Waals surface area contributed by atoms with Gasteiger partial charge in [-0.05, 0) is 44.5 Å². The normalized spacial score (nSPS) is 12.4. The summed E-state index contributed by atoms with van der Waals surface area (Å²) in [5.74, 6) is -0.263. The topological polar surface area (TPSA) is 47.7 Å². The molecule has 2 N–H and O–H groups in total. The largest absolute Gasteiger partial charge is 0.380 e. The van der Waals surface area contributed by atoms with Crippen molar-refractivity contribution in [2.24, 2.45) is 5.73 Å². The van der Waals surface area contributed by atoms with Gasteiger partial charge in [-0.25, -0.2) is 4.39 Å². The van der Waals surface area contributed by atoms with Crippen LogP contribution in [0.2, 0.25) is 0 Å². The molecule has 0 spiro atoms. The molecule has 1 aromatic rings. The van der Waals surface area contributed by atoms with Gasteiger partial charge in [-0.2, -0.15) is 0 Å². The van der Waals surface area contributed by atoms with Crippen molar-refractivity contribution in [3.8, 4) is 0 Å². The van der Waals surface area contributed by atoms with Gasteiger partial charge in [-0.3, -0.25) is 0 Å². The monoisotopic (exact) mass is 298 g/mol. The lowest BCUT2D eigenvalue weighted by Crippen LogP contribution is -2.32. The van der Waals surface area contributed by atoms with Gasteiger partial charge in [0.25, 0.3) is 0 Å². The smallest absolute Gasteiger partial charge is 0.123 e. The molecule has 1 aromatic carbocycles. The Morgan fingerprint density at radius 3 is 2.19 bits per heavy atom. The Bertz CT molecular complexity index is 403. The molecule has 0 unspecified atom stereocenters. The minimum absolute atomic E-state index is 0.225. The van der Waals surface area contributed by atoms with E-state index < -0.39 is 0 Å². The van der Waals surface area contributed by atoms with E-state index in [1.807, 2.05) is 20.8 Å². The summed E-state index contributed by atoms with van der Waals surface area (Å²) in [5.41, 5.74) is 7.73. The number of ether oxygens (including phenoxy) is 2. The van der Waals surface area contributed by atoms with Gasteiger partial charge in [0.15, 0.2) is 0 Å². The molecular formula is C16H27FN2O2. The summed E-state index contributed by atoms with van der Waals surface area (Å²) in [6.45, 7) is 9.87. The SMILES string of the molecule is CCOCCN(CCOCC)c1ccc(F)cc1[C@@H](C)N. The Kier molecular flexibility index (Phi) is 8.27. The van der Waals surface area contributed by atoms with E-state index in [9.17, 15) is 4.39 Å². The number of nitrogens with two attached hydrogens (primary N) is 1. The van der Waals surface area contributed by atoms with Crippen molar-refractivity contribution in [3.63, 3.8) is 0 Å². The average Bonchev–Trinajstić information content (AvgIpc) is 2.46. The molecule has 0 aliphatic carbocycles. The average molecular weight is 298 g/mol. The van der Waals surface area contributed by atoms with E-state index in [2.05, 4.69) is 4.90 Å². The van der Waals surface area contributed by atoms with Crippen LogP contribution in [-0.4, -0.2) is 39.5 Å². The van der Waals surface area contributed by atoms with Gasteiger partial charge in [0.05, 0.1) is 13.2 Å². The fourth-order valence-corrected chi connectivity index (χ4v) is 2.17. The van der Waals surface area contributed by atoms with Crippen molar-refractivity contribution in [2.45, 2.75) is 26.8 Å². The number of anilines is 1. The van der Waals surface area contributed by atoms with Crippen LogP contribution in [0.3, 0.4) is 0 Å². The lowest BCUT2D eigenvalue weighted by molar-refractivity contribution is 0.141. The Morgan fingerprint density at radius 2 is 1.71 bits per heavy atom. The van der Waals surface area contributed by atoms with Crippen LogP contribution in [0.25, 0.3) is 0 Å². The summed E-state index contributed by atoms with van der Waals surface area (Å²) in [6, 6.07) is 4.54. The van der Waals surface area contributed by atoms with E-state index in [1.54, 1.807) is 6.07 Å². The minimum Gasteiger partial charge on any atom is -0.380 e. The van der Waals surface area contributed by atoms with Crippen LogP contribution in [0.1, 0.15) is 32.4 Å². The van der Waals surface area contributed by atoms with Crippen molar-refractivity contribution in [2.75, 3.05) is 44.4 Å². The van der Waals surface area contributed by atoms with Crippen molar-refractivity contribution < 1.29 is 13.9 Å². The van der Waals surface area contributed by atoms with Crippen molar-refractivity contribution in [1.82, 2.24) is 0 Å². The van der Waals surface area contributed by atoms with Crippen molar-refractivity contribution in [1.29, 1.82) is 0 Å². The molecule has 5 heteroatoms. The maximum absolute atomic E-state index is 13.5. The third kappa shape index (κ3) is 5.99. The molecule has 0 amide bonds. The third-order valence-corrected chi connectivity index (χ3v) is 3.24. The fraction of sp³-hybridized carbons (Fsp3) is 0.625. The molecule has 21 heavy (non-hydrogen) atoms. The number of hydrogen-bond acceptors (Lipinski definition) is 4. The summed E-state index contributed by atoms with van der Waals surface area (Å²) in [7, 11) is 0. The first kappa shape index (κ1) is 17.9. The van der Waals surface area contributed by atoms with E-state index in [-0.39, 0.29) is 11.9 Å².